The van der Waals surface area contributed by atoms with Gasteiger partial charge in [-0.05, 0) is 41.5 Å². The highest BCUT2D eigenvalue weighted by Gasteiger charge is 2.08. The first-order chi connectivity index (χ1) is 5.45. The molecule has 0 N–H and O–H groups in total. The molecule has 0 aromatic carbocycles. The van der Waals surface area contributed by atoms with Crippen LogP contribution in [0.3, 0.4) is 0 Å². The van der Waals surface area contributed by atoms with Gasteiger partial charge in [0.25, 0.3) is 0 Å². The van der Waals surface area contributed by atoms with Gasteiger partial charge in [0.05, 0.1) is 6.34 Å². The van der Waals surface area contributed by atoms with Crippen LogP contribution in [0.4, 0.5) is 0 Å². The molecular weight excluding hydrogens is 148 g/mol. The summed E-state index contributed by atoms with van der Waals surface area (Å²) in [4.78, 5) is 6.63. The fraction of sp³-hybridized carbons (Fsp3) is 0.900. The summed E-state index contributed by atoms with van der Waals surface area (Å²) in [5.41, 5.74) is 0. The fourth-order valence-electron chi connectivity index (χ4n) is 1.07. The van der Waals surface area contributed by atoms with Gasteiger partial charge in [0, 0.05) is 18.1 Å². The second kappa shape index (κ2) is 5.18. The Bertz CT molecular complexity index is 129. The molecule has 0 atom stereocenters. The molecule has 0 aromatic rings. The van der Waals surface area contributed by atoms with Gasteiger partial charge >= 0.3 is 0 Å². The van der Waals surface area contributed by atoms with Gasteiger partial charge in [-0.1, -0.05) is 0 Å². The number of rotatable bonds is 4. The van der Waals surface area contributed by atoms with Gasteiger partial charge in [-0.25, -0.2) is 0 Å². The third-order valence-corrected chi connectivity index (χ3v) is 1.69. The normalized spacial score (nSPS) is 12.4. The van der Waals surface area contributed by atoms with Crippen LogP contribution < -0.4 is 0 Å². The third-order valence-electron chi connectivity index (χ3n) is 1.69. The van der Waals surface area contributed by atoms with Gasteiger partial charge in [0.15, 0.2) is 0 Å². The molecule has 0 saturated carbocycles. The molecular formula is C10H22N2. The van der Waals surface area contributed by atoms with Crippen molar-refractivity contribution in [3.8, 4) is 0 Å². The quantitative estimate of drug-likeness (QED) is 0.467. The van der Waals surface area contributed by atoms with E-state index in [0.29, 0.717) is 18.1 Å². The summed E-state index contributed by atoms with van der Waals surface area (Å²) in [6.45, 7) is 12.9. The smallest absolute Gasteiger partial charge is 0.0857 e. The van der Waals surface area contributed by atoms with Gasteiger partial charge in [0.1, 0.15) is 0 Å². The Morgan fingerprint density at radius 2 is 1.33 bits per heavy atom. The van der Waals surface area contributed by atoms with E-state index in [1.54, 1.807) is 0 Å². The van der Waals surface area contributed by atoms with Crippen molar-refractivity contribution >= 4 is 6.34 Å². The minimum atomic E-state index is 0.394. The molecule has 0 bridgehead atoms. The molecule has 0 spiro atoms. The first-order valence-corrected chi connectivity index (χ1v) is 4.76. The standard InChI is InChI=1S/C10H22N2/c1-8(2)11-7-12(9(3)4)10(5)6/h7-10H,1-6H3/b11-7-. The van der Waals surface area contributed by atoms with E-state index in [0.717, 1.165) is 0 Å². The Hall–Kier alpha value is -0.530. The molecule has 0 aliphatic heterocycles. The summed E-state index contributed by atoms with van der Waals surface area (Å²) in [7, 11) is 0. The molecule has 2 heteroatoms. The maximum absolute atomic E-state index is 4.37. The van der Waals surface area contributed by atoms with Gasteiger partial charge in [-0.15, -0.1) is 0 Å². The van der Waals surface area contributed by atoms with Crippen LogP contribution >= 0.6 is 0 Å². The molecule has 0 saturated heterocycles. The van der Waals surface area contributed by atoms with E-state index in [-0.39, 0.29) is 0 Å². The molecule has 2 nitrogen and oxygen atoms in total. The van der Waals surface area contributed by atoms with Crippen LogP contribution in [0.2, 0.25) is 0 Å². The largest absolute Gasteiger partial charge is 0.358 e. The average Bonchev–Trinajstić information content (AvgIpc) is 1.84. The van der Waals surface area contributed by atoms with Crippen molar-refractivity contribution in [1.82, 2.24) is 4.90 Å². The lowest BCUT2D eigenvalue weighted by Gasteiger charge is -2.28. The maximum atomic E-state index is 4.37. The average molecular weight is 170 g/mol. The molecule has 12 heavy (non-hydrogen) atoms. The van der Waals surface area contributed by atoms with E-state index in [1.165, 1.54) is 0 Å². The van der Waals surface area contributed by atoms with E-state index < -0.39 is 0 Å². The molecule has 72 valence electrons. The Morgan fingerprint density at radius 1 is 0.917 bits per heavy atom. The number of aliphatic imine (C=N–C) groups is 1. The zero-order valence-corrected chi connectivity index (χ0v) is 9.20. The van der Waals surface area contributed by atoms with Crippen LogP contribution in [0.25, 0.3) is 0 Å². The molecule has 0 aliphatic rings. The molecule has 0 amide bonds. The summed E-state index contributed by atoms with van der Waals surface area (Å²) in [5.74, 6) is 0. The van der Waals surface area contributed by atoms with E-state index in [9.17, 15) is 0 Å². The van der Waals surface area contributed by atoms with Crippen LogP contribution in [-0.4, -0.2) is 29.4 Å². The zero-order chi connectivity index (χ0) is 9.72. The molecule has 0 heterocycles. The predicted octanol–water partition coefficient (Wildman–Crippen LogP) is 2.54. The van der Waals surface area contributed by atoms with E-state index in [2.05, 4.69) is 51.4 Å². The molecule has 0 rings (SSSR count). The summed E-state index contributed by atoms with van der Waals surface area (Å²) in [5, 5.41) is 0. The van der Waals surface area contributed by atoms with Crippen molar-refractivity contribution < 1.29 is 0 Å². The molecule has 0 aliphatic carbocycles. The third kappa shape index (κ3) is 4.37. The zero-order valence-electron chi connectivity index (χ0n) is 9.20. The van der Waals surface area contributed by atoms with Crippen molar-refractivity contribution in [3.05, 3.63) is 0 Å². The van der Waals surface area contributed by atoms with Gasteiger partial charge < -0.3 is 4.90 Å². The number of hydrogen-bond acceptors (Lipinski definition) is 1. The fourth-order valence-corrected chi connectivity index (χ4v) is 1.07. The molecule has 0 radical (unpaired) electrons. The Kier molecular flexibility index (Phi) is 4.95. The van der Waals surface area contributed by atoms with E-state index in [1.807, 2.05) is 6.34 Å². The van der Waals surface area contributed by atoms with Gasteiger partial charge in [-0.3, -0.25) is 4.99 Å². The summed E-state index contributed by atoms with van der Waals surface area (Å²) >= 11 is 0. The minimum absolute atomic E-state index is 0.394. The summed E-state index contributed by atoms with van der Waals surface area (Å²) in [6.07, 6.45) is 1.97. The maximum Gasteiger partial charge on any atom is 0.0857 e. The Morgan fingerprint density at radius 3 is 1.58 bits per heavy atom. The predicted molar refractivity (Wildman–Crippen MR) is 55.7 cm³/mol. The van der Waals surface area contributed by atoms with Crippen LogP contribution in [0, 0.1) is 0 Å². The molecule has 0 aromatic heterocycles. The van der Waals surface area contributed by atoms with Crippen molar-refractivity contribution in [3.63, 3.8) is 0 Å². The Labute approximate surface area is 76.7 Å². The highest BCUT2D eigenvalue weighted by atomic mass is 15.2. The monoisotopic (exact) mass is 170 g/mol. The van der Waals surface area contributed by atoms with Crippen molar-refractivity contribution in [1.29, 1.82) is 0 Å². The van der Waals surface area contributed by atoms with Gasteiger partial charge in [0.2, 0.25) is 0 Å². The number of nitrogens with zero attached hydrogens (tertiary/aromatic N) is 2. The van der Waals surface area contributed by atoms with Crippen LogP contribution in [0.5, 0.6) is 0 Å². The summed E-state index contributed by atoms with van der Waals surface area (Å²) in [6, 6.07) is 1.46. The minimum Gasteiger partial charge on any atom is -0.358 e. The lowest BCUT2D eigenvalue weighted by Crippen LogP contribution is -2.35. The molecule has 0 unspecified atom stereocenters. The van der Waals surface area contributed by atoms with Crippen molar-refractivity contribution in [2.75, 3.05) is 0 Å². The van der Waals surface area contributed by atoms with E-state index in [4.69, 9.17) is 0 Å². The number of hydrogen-bond donors (Lipinski definition) is 0. The van der Waals surface area contributed by atoms with E-state index >= 15 is 0 Å². The first kappa shape index (κ1) is 11.5. The first-order valence-electron chi connectivity index (χ1n) is 4.76. The van der Waals surface area contributed by atoms with Crippen LogP contribution in [0.15, 0.2) is 4.99 Å². The molecule has 0 fully saturated rings. The van der Waals surface area contributed by atoms with Crippen molar-refractivity contribution in [2.24, 2.45) is 4.99 Å². The lowest BCUT2D eigenvalue weighted by molar-refractivity contribution is 0.300. The Balaban J connectivity index is 4.14. The van der Waals surface area contributed by atoms with Crippen LogP contribution in [0.1, 0.15) is 41.5 Å². The van der Waals surface area contributed by atoms with Crippen LogP contribution in [-0.2, 0) is 0 Å². The second-order valence-electron chi connectivity index (χ2n) is 3.99. The topological polar surface area (TPSA) is 15.6 Å². The lowest BCUT2D eigenvalue weighted by atomic mass is 10.2. The highest BCUT2D eigenvalue weighted by Crippen LogP contribution is 2.01. The van der Waals surface area contributed by atoms with Gasteiger partial charge in [-0.2, -0.15) is 0 Å². The summed E-state index contributed by atoms with van der Waals surface area (Å²) < 4.78 is 0. The highest BCUT2D eigenvalue weighted by molar-refractivity contribution is 5.56. The second-order valence-corrected chi connectivity index (χ2v) is 3.99. The van der Waals surface area contributed by atoms with Crippen molar-refractivity contribution in [2.45, 2.75) is 59.7 Å². The SMILES string of the molecule is CC(C)/N=C\N(C(C)C)C(C)C.